The van der Waals surface area contributed by atoms with Crippen molar-refractivity contribution in [3.05, 3.63) is 29.8 Å². The van der Waals surface area contributed by atoms with Crippen molar-refractivity contribution in [1.82, 2.24) is 0 Å². The molecule has 0 aliphatic rings. The summed E-state index contributed by atoms with van der Waals surface area (Å²) in [6, 6.07) is 5.96. The lowest BCUT2D eigenvalue weighted by Gasteiger charge is -2.12. The van der Waals surface area contributed by atoms with Gasteiger partial charge in [0.25, 0.3) is 0 Å². The molecular weight excluding hydrogens is 260 g/mol. The molecule has 1 rings (SSSR count). The Morgan fingerprint density at radius 1 is 1.28 bits per heavy atom. The van der Waals surface area contributed by atoms with Crippen molar-refractivity contribution in [2.75, 3.05) is 0 Å². The third-order valence-electron chi connectivity index (χ3n) is 1.93. The molecule has 100 valence electrons. The maximum absolute atomic E-state index is 11.9. The summed E-state index contributed by atoms with van der Waals surface area (Å²) in [5.74, 6) is 0.0825. The molecule has 0 aliphatic heterocycles. The summed E-state index contributed by atoms with van der Waals surface area (Å²) in [5.41, 5.74) is 0.675. The molecule has 0 N–H and O–H groups in total. The average Bonchev–Trinajstić information content (AvgIpc) is 2.25. The summed E-state index contributed by atoms with van der Waals surface area (Å²) in [7, 11) is -1.33. The molecule has 0 unspecified atom stereocenters. The molecule has 0 fully saturated rings. The Morgan fingerprint density at radius 3 is 2.28 bits per heavy atom. The van der Waals surface area contributed by atoms with Crippen molar-refractivity contribution in [1.29, 1.82) is 0 Å². The van der Waals surface area contributed by atoms with Crippen LogP contribution in [0.15, 0.2) is 28.7 Å². The lowest BCUT2D eigenvalue weighted by atomic mass is 10.2. The maximum atomic E-state index is 11.9. The van der Waals surface area contributed by atoms with Gasteiger partial charge in [-0.3, -0.25) is 0 Å². The number of hydrogen-bond donors (Lipinski definition) is 0. The normalized spacial score (nSPS) is 14.1. The van der Waals surface area contributed by atoms with Gasteiger partial charge in [-0.1, -0.05) is 0 Å². The van der Waals surface area contributed by atoms with E-state index in [0.29, 0.717) is 5.56 Å². The minimum absolute atomic E-state index is 0.0825. The number of rotatable bonds is 4. The Labute approximate surface area is 107 Å². The average molecular weight is 275 g/mol. The van der Waals surface area contributed by atoms with Crippen LogP contribution in [0.3, 0.4) is 0 Å². The monoisotopic (exact) mass is 275 g/mol. The van der Waals surface area contributed by atoms with Crippen molar-refractivity contribution in [2.45, 2.75) is 32.1 Å². The van der Waals surface area contributed by atoms with E-state index >= 15 is 0 Å². The van der Waals surface area contributed by atoms with E-state index in [4.69, 9.17) is 0 Å². The molecule has 0 aromatic heterocycles. The molecule has 1 atom stereocenters. The highest BCUT2D eigenvalue weighted by molar-refractivity contribution is 7.85. The van der Waals surface area contributed by atoms with E-state index in [1.807, 2.05) is 20.8 Å². The van der Waals surface area contributed by atoms with Gasteiger partial charge in [-0.2, -0.15) is 13.2 Å². The van der Waals surface area contributed by atoms with Crippen molar-refractivity contribution >= 4 is 17.2 Å². The van der Waals surface area contributed by atoms with Crippen LogP contribution >= 0.6 is 0 Å². The lowest BCUT2D eigenvalue weighted by Crippen LogP contribution is -2.19. The van der Waals surface area contributed by atoms with Crippen LogP contribution in [0.4, 0.5) is 8.78 Å². The van der Waals surface area contributed by atoms with E-state index in [2.05, 4.69) is 9.13 Å². The first-order valence-electron chi connectivity index (χ1n) is 5.30. The second kappa shape index (κ2) is 6.04. The van der Waals surface area contributed by atoms with Gasteiger partial charge >= 0.3 is 6.61 Å². The summed E-state index contributed by atoms with van der Waals surface area (Å²) < 4.78 is 43.2. The van der Waals surface area contributed by atoms with E-state index in [1.165, 1.54) is 18.3 Å². The fourth-order valence-corrected chi connectivity index (χ4v) is 1.54. The zero-order chi connectivity index (χ0) is 13.8. The zero-order valence-corrected chi connectivity index (χ0v) is 11.2. The summed E-state index contributed by atoms with van der Waals surface area (Å²) in [4.78, 5) is 0. The van der Waals surface area contributed by atoms with E-state index in [0.717, 1.165) is 0 Å². The predicted molar refractivity (Wildman–Crippen MR) is 68.6 cm³/mol. The number of halogens is 2. The van der Waals surface area contributed by atoms with E-state index < -0.39 is 22.3 Å². The minimum atomic E-state index is -2.84. The quantitative estimate of drug-likeness (QED) is 0.792. The molecule has 1 aromatic carbocycles. The van der Waals surface area contributed by atoms with Crippen molar-refractivity contribution in [3.8, 4) is 5.75 Å². The summed E-state index contributed by atoms with van der Waals surface area (Å²) in [6.07, 6.45) is 1.45. The fraction of sp³-hybridized carbons (Fsp3) is 0.417. The van der Waals surface area contributed by atoms with Crippen LogP contribution in [-0.2, 0) is 11.0 Å². The molecule has 0 amide bonds. The molecule has 0 aliphatic carbocycles. The van der Waals surface area contributed by atoms with Crippen LogP contribution < -0.4 is 4.74 Å². The van der Waals surface area contributed by atoms with Crippen LogP contribution in [0, 0.1) is 0 Å². The first-order chi connectivity index (χ1) is 8.29. The molecule has 0 bridgehead atoms. The van der Waals surface area contributed by atoms with Gasteiger partial charge in [-0.05, 0) is 50.6 Å². The second-order valence-corrected chi connectivity index (χ2v) is 6.48. The number of nitrogens with zero attached hydrogens (tertiary/aromatic N) is 1. The highest BCUT2D eigenvalue weighted by Crippen LogP contribution is 2.15. The largest absolute Gasteiger partial charge is 0.435 e. The molecular formula is C12H15F2NO2S. The molecule has 18 heavy (non-hydrogen) atoms. The maximum Gasteiger partial charge on any atom is 0.387 e. The number of hydrogen-bond acceptors (Lipinski definition) is 2. The van der Waals surface area contributed by atoms with Crippen molar-refractivity contribution in [3.63, 3.8) is 0 Å². The zero-order valence-electron chi connectivity index (χ0n) is 10.4. The van der Waals surface area contributed by atoms with E-state index in [1.54, 1.807) is 12.1 Å². The molecule has 0 saturated heterocycles. The fourth-order valence-electron chi connectivity index (χ4n) is 1.00. The second-order valence-electron chi connectivity index (χ2n) is 4.54. The van der Waals surface area contributed by atoms with Gasteiger partial charge < -0.3 is 4.74 Å². The van der Waals surface area contributed by atoms with Gasteiger partial charge in [0.2, 0.25) is 0 Å². The third kappa shape index (κ3) is 4.91. The minimum Gasteiger partial charge on any atom is -0.435 e. The van der Waals surface area contributed by atoms with Gasteiger partial charge in [0.05, 0.1) is 4.75 Å². The molecule has 3 nitrogen and oxygen atoms in total. The van der Waals surface area contributed by atoms with Gasteiger partial charge in [-0.15, -0.1) is 0 Å². The highest BCUT2D eigenvalue weighted by atomic mass is 32.2. The third-order valence-corrected chi connectivity index (χ3v) is 3.27. The molecule has 1 aromatic rings. The van der Waals surface area contributed by atoms with Crippen LogP contribution in [0.5, 0.6) is 5.75 Å². The highest BCUT2D eigenvalue weighted by Gasteiger charge is 2.18. The van der Waals surface area contributed by atoms with Gasteiger partial charge in [0.15, 0.2) is 0 Å². The summed E-state index contributed by atoms with van der Waals surface area (Å²) >= 11 is 0. The molecule has 0 saturated carbocycles. The first kappa shape index (κ1) is 14.8. The molecule has 0 radical (unpaired) electrons. The van der Waals surface area contributed by atoms with Crippen LogP contribution in [0.2, 0.25) is 0 Å². The summed E-state index contributed by atoms with van der Waals surface area (Å²) in [6.45, 7) is 2.62. The Morgan fingerprint density at radius 2 is 1.83 bits per heavy atom. The molecule has 0 spiro atoms. The Kier molecular flexibility index (Phi) is 4.95. The Balaban J connectivity index is 2.69. The Bertz CT molecular complexity index is 438. The SMILES string of the molecule is CC(C)(C)[S@@](=O)N=Cc1ccc(OC(F)F)cc1. The lowest BCUT2D eigenvalue weighted by molar-refractivity contribution is -0.0498. The van der Waals surface area contributed by atoms with Gasteiger partial charge in [0, 0.05) is 6.21 Å². The number of ether oxygens (including phenoxy) is 1. The van der Waals surface area contributed by atoms with Crippen LogP contribution in [0.1, 0.15) is 26.3 Å². The number of alkyl halides is 2. The summed E-state index contributed by atoms with van der Waals surface area (Å²) in [5, 5.41) is 0. The number of benzene rings is 1. The first-order valence-corrected chi connectivity index (χ1v) is 6.40. The molecule has 6 heteroatoms. The van der Waals surface area contributed by atoms with E-state index in [-0.39, 0.29) is 5.75 Å². The van der Waals surface area contributed by atoms with Gasteiger partial charge in [0.1, 0.15) is 16.7 Å². The van der Waals surface area contributed by atoms with Crippen molar-refractivity contribution < 1.29 is 17.7 Å². The molecule has 0 heterocycles. The standard InChI is InChI=1S/C12H15F2NO2S/c1-12(2,3)18(16)15-8-9-4-6-10(7-5-9)17-11(13)14/h4-8,11H,1-3H3/t18-/m1/s1. The van der Waals surface area contributed by atoms with Crippen LogP contribution in [0.25, 0.3) is 0 Å². The topological polar surface area (TPSA) is 38.7 Å². The smallest absolute Gasteiger partial charge is 0.387 e. The van der Waals surface area contributed by atoms with Crippen molar-refractivity contribution in [2.24, 2.45) is 4.40 Å². The predicted octanol–water partition coefficient (Wildman–Crippen LogP) is 3.17. The van der Waals surface area contributed by atoms with Gasteiger partial charge in [-0.25, -0.2) is 4.21 Å². The van der Waals surface area contributed by atoms with E-state index in [9.17, 15) is 13.0 Å². The Hall–Kier alpha value is -1.30. The van der Waals surface area contributed by atoms with Crippen LogP contribution in [-0.4, -0.2) is 21.8 Å².